The predicted octanol–water partition coefficient (Wildman–Crippen LogP) is 1.63. The first-order chi connectivity index (χ1) is 5.70. The Labute approximate surface area is 71.2 Å². The standard InChI is InChI=1S/C9H10N2O/c1-7(2)3-9(12)8-4-10-6-11-5-8/h3-6H,1-2H3. The summed E-state index contributed by atoms with van der Waals surface area (Å²) in [6.45, 7) is 3.75. The van der Waals surface area contributed by atoms with Gasteiger partial charge in [0.25, 0.3) is 0 Å². The van der Waals surface area contributed by atoms with E-state index in [1.54, 1.807) is 6.08 Å². The van der Waals surface area contributed by atoms with Gasteiger partial charge in [-0.05, 0) is 19.9 Å². The van der Waals surface area contributed by atoms with E-state index in [9.17, 15) is 4.79 Å². The van der Waals surface area contributed by atoms with Crippen molar-refractivity contribution in [3.63, 3.8) is 0 Å². The zero-order valence-corrected chi connectivity index (χ0v) is 7.11. The fourth-order valence-electron chi connectivity index (χ4n) is 0.772. The summed E-state index contributed by atoms with van der Waals surface area (Å²) < 4.78 is 0. The molecule has 0 bridgehead atoms. The third-order valence-corrected chi connectivity index (χ3v) is 1.26. The minimum Gasteiger partial charge on any atom is -0.289 e. The quantitative estimate of drug-likeness (QED) is 0.490. The molecule has 0 saturated heterocycles. The highest BCUT2D eigenvalue weighted by Crippen LogP contribution is 1.99. The van der Waals surface area contributed by atoms with E-state index < -0.39 is 0 Å². The molecule has 1 aromatic heterocycles. The molecule has 0 fully saturated rings. The Morgan fingerprint density at radius 2 is 1.92 bits per heavy atom. The lowest BCUT2D eigenvalue weighted by Gasteiger charge is -1.92. The number of hydrogen-bond acceptors (Lipinski definition) is 3. The molecule has 0 aromatic carbocycles. The van der Waals surface area contributed by atoms with Gasteiger partial charge in [0.05, 0.1) is 5.56 Å². The highest BCUT2D eigenvalue weighted by Gasteiger charge is 2.00. The van der Waals surface area contributed by atoms with E-state index in [0.717, 1.165) is 5.57 Å². The van der Waals surface area contributed by atoms with Crippen LogP contribution in [-0.4, -0.2) is 15.8 Å². The number of carbonyl (C=O) groups excluding carboxylic acids is 1. The summed E-state index contributed by atoms with van der Waals surface area (Å²) in [5.41, 5.74) is 1.50. The van der Waals surface area contributed by atoms with E-state index in [0.29, 0.717) is 5.56 Å². The number of rotatable bonds is 2. The molecule has 0 spiro atoms. The predicted molar refractivity (Wildman–Crippen MR) is 45.8 cm³/mol. The fourth-order valence-corrected chi connectivity index (χ4v) is 0.772. The molecular weight excluding hydrogens is 152 g/mol. The van der Waals surface area contributed by atoms with Crippen LogP contribution in [0.2, 0.25) is 0 Å². The van der Waals surface area contributed by atoms with E-state index >= 15 is 0 Å². The van der Waals surface area contributed by atoms with Crippen molar-refractivity contribution in [2.75, 3.05) is 0 Å². The van der Waals surface area contributed by atoms with Crippen molar-refractivity contribution in [3.8, 4) is 0 Å². The number of aromatic nitrogens is 2. The van der Waals surface area contributed by atoms with Crippen molar-refractivity contribution in [2.24, 2.45) is 0 Å². The maximum absolute atomic E-state index is 11.3. The number of carbonyl (C=O) groups is 1. The van der Waals surface area contributed by atoms with E-state index in [1.165, 1.54) is 18.7 Å². The highest BCUT2D eigenvalue weighted by molar-refractivity contribution is 6.04. The molecule has 0 saturated carbocycles. The summed E-state index contributed by atoms with van der Waals surface area (Å²) in [5.74, 6) is -0.0457. The normalized spacial score (nSPS) is 9.17. The molecule has 0 aliphatic heterocycles. The fraction of sp³-hybridized carbons (Fsp3) is 0.222. The van der Waals surface area contributed by atoms with Gasteiger partial charge in [-0.1, -0.05) is 5.57 Å². The van der Waals surface area contributed by atoms with Crippen LogP contribution in [0.15, 0.2) is 30.4 Å². The minimum absolute atomic E-state index is 0.0457. The molecule has 0 atom stereocenters. The van der Waals surface area contributed by atoms with Crippen LogP contribution in [0.5, 0.6) is 0 Å². The molecule has 0 N–H and O–H groups in total. The molecule has 12 heavy (non-hydrogen) atoms. The smallest absolute Gasteiger partial charge is 0.188 e. The van der Waals surface area contributed by atoms with Gasteiger partial charge in [-0.2, -0.15) is 0 Å². The molecular formula is C9H10N2O. The molecule has 1 aromatic rings. The van der Waals surface area contributed by atoms with Crippen LogP contribution >= 0.6 is 0 Å². The largest absolute Gasteiger partial charge is 0.289 e. The molecule has 3 nitrogen and oxygen atoms in total. The lowest BCUT2D eigenvalue weighted by atomic mass is 10.2. The average Bonchev–Trinajstić information content (AvgIpc) is 2.05. The number of ketones is 1. The van der Waals surface area contributed by atoms with Crippen molar-refractivity contribution in [1.82, 2.24) is 9.97 Å². The molecule has 0 amide bonds. The summed E-state index contributed by atoms with van der Waals surface area (Å²) in [6, 6.07) is 0. The van der Waals surface area contributed by atoms with Crippen molar-refractivity contribution in [3.05, 3.63) is 35.9 Å². The first-order valence-corrected chi connectivity index (χ1v) is 3.64. The maximum Gasteiger partial charge on any atom is 0.188 e. The Kier molecular flexibility index (Phi) is 2.69. The van der Waals surface area contributed by atoms with Crippen LogP contribution < -0.4 is 0 Å². The topological polar surface area (TPSA) is 42.9 Å². The van der Waals surface area contributed by atoms with Gasteiger partial charge in [0.2, 0.25) is 0 Å². The van der Waals surface area contributed by atoms with Crippen molar-refractivity contribution in [1.29, 1.82) is 0 Å². The van der Waals surface area contributed by atoms with Gasteiger partial charge in [-0.25, -0.2) is 9.97 Å². The molecule has 1 heterocycles. The first kappa shape index (κ1) is 8.59. The van der Waals surface area contributed by atoms with E-state index in [2.05, 4.69) is 9.97 Å². The Hall–Kier alpha value is -1.51. The van der Waals surface area contributed by atoms with Crippen molar-refractivity contribution >= 4 is 5.78 Å². The highest BCUT2D eigenvalue weighted by atomic mass is 16.1. The Bertz CT molecular complexity index is 300. The number of allylic oxidation sites excluding steroid dienone is 2. The van der Waals surface area contributed by atoms with E-state index in [1.807, 2.05) is 13.8 Å². The molecule has 1 rings (SSSR count). The molecule has 0 aliphatic carbocycles. The van der Waals surface area contributed by atoms with Gasteiger partial charge in [0, 0.05) is 12.4 Å². The zero-order valence-electron chi connectivity index (χ0n) is 7.11. The van der Waals surface area contributed by atoms with E-state index in [4.69, 9.17) is 0 Å². The number of hydrogen-bond donors (Lipinski definition) is 0. The zero-order chi connectivity index (χ0) is 8.97. The van der Waals surface area contributed by atoms with Gasteiger partial charge >= 0.3 is 0 Å². The number of nitrogens with zero attached hydrogens (tertiary/aromatic N) is 2. The molecule has 0 unspecified atom stereocenters. The lowest BCUT2D eigenvalue weighted by molar-refractivity contribution is 0.104. The SMILES string of the molecule is CC(C)=CC(=O)c1cncnc1. The summed E-state index contributed by atoms with van der Waals surface area (Å²) in [5, 5.41) is 0. The average molecular weight is 162 g/mol. The summed E-state index contributed by atoms with van der Waals surface area (Å²) in [7, 11) is 0. The van der Waals surface area contributed by atoms with Crippen LogP contribution in [0.25, 0.3) is 0 Å². The van der Waals surface area contributed by atoms with E-state index in [-0.39, 0.29) is 5.78 Å². The van der Waals surface area contributed by atoms with Crippen LogP contribution in [0.3, 0.4) is 0 Å². The van der Waals surface area contributed by atoms with Crippen LogP contribution in [0.1, 0.15) is 24.2 Å². The summed E-state index contributed by atoms with van der Waals surface area (Å²) in [6.07, 6.45) is 5.99. The van der Waals surface area contributed by atoms with Gasteiger partial charge in [0.1, 0.15) is 6.33 Å². The van der Waals surface area contributed by atoms with Crippen LogP contribution in [0, 0.1) is 0 Å². The monoisotopic (exact) mass is 162 g/mol. The van der Waals surface area contributed by atoms with Crippen LogP contribution in [0.4, 0.5) is 0 Å². The maximum atomic E-state index is 11.3. The third-order valence-electron chi connectivity index (χ3n) is 1.26. The van der Waals surface area contributed by atoms with Gasteiger partial charge in [-0.3, -0.25) is 4.79 Å². The second-order valence-electron chi connectivity index (χ2n) is 2.71. The van der Waals surface area contributed by atoms with Gasteiger partial charge < -0.3 is 0 Å². The first-order valence-electron chi connectivity index (χ1n) is 3.64. The van der Waals surface area contributed by atoms with Gasteiger partial charge in [-0.15, -0.1) is 0 Å². The molecule has 0 aliphatic rings. The van der Waals surface area contributed by atoms with Crippen molar-refractivity contribution in [2.45, 2.75) is 13.8 Å². The second kappa shape index (κ2) is 3.76. The molecule has 62 valence electrons. The molecule has 3 heteroatoms. The Balaban J connectivity index is 2.87. The summed E-state index contributed by atoms with van der Waals surface area (Å²) >= 11 is 0. The molecule has 0 radical (unpaired) electrons. The van der Waals surface area contributed by atoms with Gasteiger partial charge in [0.15, 0.2) is 5.78 Å². The lowest BCUT2D eigenvalue weighted by Crippen LogP contribution is -1.96. The van der Waals surface area contributed by atoms with Crippen LogP contribution in [-0.2, 0) is 0 Å². The Morgan fingerprint density at radius 1 is 1.33 bits per heavy atom. The minimum atomic E-state index is -0.0457. The Morgan fingerprint density at radius 3 is 2.42 bits per heavy atom. The third kappa shape index (κ3) is 2.27. The van der Waals surface area contributed by atoms with Crippen molar-refractivity contribution < 1.29 is 4.79 Å². The summed E-state index contributed by atoms with van der Waals surface area (Å²) in [4.78, 5) is 18.8. The second-order valence-corrected chi connectivity index (χ2v) is 2.71.